The summed E-state index contributed by atoms with van der Waals surface area (Å²) >= 11 is 0. The molecule has 1 aliphatic carbocycles. The summed E-state index contributed by atoms with van der Waals surface area (Å²) in [5.74, 6) is 2.94. The van der Waals surface area contributed by atoms with Crippen molar-refractivity contribution in [2.75, 3.05) is 39.8 Å². The third-order valence-electron chi connectivity index (χ3n) is 4.72. The summed E-state index contributed by atoms with van der Waals surface area (Å²) in [6.45, 7) is 6.29. The fourth-order valence-corrected chi connectivity index (χ4v) is 3.29. The number of hydrogen-bond donors (Lipinski definition) is 1. The normalized spacial score (nSPS) is 28.2. The van der Waals surface area contributed by atoms with E-state index in [0.717, 1.165) is 37.1 Å². The van der Waals surface area contributed by atoms with Crippen LogP contribution in [0.1, 0.15) is 30.8 Å². The zero-order chi connectivity index (χ0) is 16.4. The standard InChI is InChI=1S/C17H27N3O3/c1-12-7-15(12)16-4-3-13(23-16)9-20(11-17(18)21)10-14-8-19(2)5-6-22-14/h3-4,12,14-15H,5-11H2,1-2H3,(H2,18,21)/t12-,14-,15-/m1/s1. The molecule has 2 aliphatic rings. The number of likely N-dealkylation sites (N-methyl/N-ethyl adjacent to an activating group) is 1. The third kappa shape index (κ3) is 4.56. The lowest BCUT2D eigenvalue weighted by Gasteiger charge is -2.33. The Hall–Kier alpha value is -1.37. The van der Waals surface area contributed by atoms with Crippen LogP contribution in [0.5, 0.6) is 0 Å². The Labute approximate surface area is 137 Å². The van der Waals surface area contributed by atoms with Gasteiger partial charge in [0.25, 0.3) is 0 Å². The number of morpholine rings is 1. The highest BCUT2D eigenvalue weighted by Gasteiger charge is 2.36. The van der Waals surface area contributed by atoms with Gasteiger partial charge < -0.3 is 19.8 Å². The van der Waals surface area contributed by atoms with Gasteiger partial charge in [-0.2, -0.15) is 0 Å². The van der Waals surface area contributed by atoms with Gasteiger partial charge in [0, 0.05) is 25.6 Å². The van der Waals surface area contributed by atoms with Crippen LogP contribution in [-0.4, -0.2) is 61.6 Å². The van der Waals surface area contributed by atoms with Gasteiger partial charge in [-0.15, -0.1) is 0 Å². The molecular formula is C17H27N3O3. The molecule has 1 saturated heterocycles. The molecular weight excluding hydrogens is 294 g/mol. The topological polar surface area (TPSA) is 71.9 Å². The molecule has 3 atom stereocenters. The Kier molecular flexibility index (Phi) is 5.04. The van der Waals surface area contributed by atoms with E-state index in [-0.39, 0.29) is 18.6 Å². The predicted octanol–water partition coefficient (Wildman–Crippen LogP) is 1.02. The molecule has 1 saturated carbocycles. The number of primary amides is 1. The molecule has 3 rings (SSSR count). The summed E-state index contributed by atoms with van der Waals surface area (Å²) in [5, 5.41) is 0. The average molecular weight is 321 g/mol. The van der Waals surface area contributed by atoms with Crippen LogP contribution in [0.25, 0.3) is 0 Å². The van der Waals surface area contributed by atoms with Crippen molar-refractivity contribution in [3.63, 3.8) is 0 Å². The van der Waals surface area contributed by atoms with Crippen molar-refractivity contribution in [3.8, 4) is 0 Å². The first-order chi connectivity index (χ1) is 11.0. The molecule has 1 amide bonds. The lowest BCUT2D eigenvalue weighted by Crippen LogP contribution is -2.47. The van der Waals surface area contributed by atoms with Crippen LogP contribution in [0.2, 0.25) is 0 Å². The Balaban J connectivity index is 1.59. The van der Waals surface area contributed by atoms with Crippen molar-refractivity contribution >= 4 is 5.91 Å². The van der Waals surface area contributed by atoms with E-state index in [2.05, 4.69) is 24.9 Å². The smallest absolute Gasteiger partial charge is 0.231 e. The van der Waals surface area contributed by atoms with Crippen LogP contribution in [0.4, 0.5) is 0 Å². The van der Waals surface area contributed by atoms with Gasteiger partial charge in [0.05, 0.1) is 25.8 Å². The van der Waals surface area contributed by atoms with Gasteiger partial charge in [0.1, 0.15) is 11.5 Å². The van der Waals surface area contributed by atoms with Crippen molar-refractivity contribution in [3.05, 3.63) is 23.7 Å². The Bertz CT molecular complexity index is 545. The third-order valence-corrected chi connectivity index (χ3v) is 4.72. The molecule has 2 fully saturated rings. The Morgan fingerprint density at radius 1 is 1.48 bits per heavy atom. The highest BCUT2D eigenvalue weighted by Crippen LogP contribution is 2.47. The summed E-state index contributed by atoms with van der Waals surface area (Å²) in [6.07, 6.45) is 1.31. The van der Waals surface area contributed by atoms with Crippen LogP contribution in [0.15, 0.2) is 16.5 Å². The minimum Gasteiger partial charge on any atom is -0.464 e. The first kappa shape index (κ1) is 16.5. The maximum atomic E-state index is 11.4. The second-order valence-electron chi connectivity index (χ2n) is 7.01. The molecule has 0 unspecified atom stereocenters. The zero-order valence-corrected chi connectivity index (χ0v) is 14.0. The van der Waals surface area contributed by atoms with Gasteiger partial charge in [-0.1, -0.05) is 6.92 Å². The monoisotopic (exact) mass is 321 g/mol. The molecule has 0 spiro atoms. The van der Waals surface area contributed by atoms with Crippen LogP contribution >= 0.6 is 0 Å². The molecule has 1 aromatic rings. The molecule has 0 radical (unpaired) electrons. The van der Waals surface area contributed by atoms with E-state index < -0.39 is 0 Å². The number of furan rings is 1. The predicted molar refractivity (Wildman–Crippen MR) is 86.9 cm³/mol. The first-order valence-corrected chi connectivity index (χ1v) is 8.40. The molecule has 128 valence electrons. The van der Waals surface area contributed by atoms with Gasteiger partial charge in [0.2, 0.25) is 5.91 Å². The van der Waals surface area contributed by atoms with Crippen LogP contribution in [0.3, 0.4) is 0 Å². The number of carbonyl (C=O) groups is 1. The van der Waals surface area contributed by atoms with E-state index in [4.69, 9.17) is 14.9 Å². The van der Waals surface area contributed by atoms with E-state index >= 15 is 0 Å². The number of nitrogens with zero attached hydrogens (tertiary/aromatic N) is 2. The molecule has 1 aliphatic heterocycles. The summed E-state index contributed by atoms with van der Waals surface area (Å²) in [7, 11) is 2.09. The van der Waals surface area contributed by atoms with Gasteiger partial charge >= 0.3 is 0 Å². The average Bonchev–Trinajstić information content (AvgIpc) is 3.02. The maximum Gasteiger partial charge on any atom is 0.231 e. The number of carbonyl (C=O) groups excluding carboxylic acids is 1. The molecule has 1 aromatic heterocycles. The van der Waals surface area contributed by atoms with Gasteiger partial charge in [-0.25, -0.2) is 0 Å². The number of hydrogen-bond acceptors (Lipinski definition) is 5. The van der Waals surface area contributed by atoms with Crippen molar-refractivity contribution < 1.29 is 13.9 Å². The lowest BCUT2D eigenvalue weighted by molar-refractivity contribution is -0.120. The molecule has 6 nitrogen and oxygen atoms in total. The maximum absolute atomic E-state index is 11.4. The summed E-state index contributed by atoms with van der Waals surface area (Å²) in [4.78, 5) is 15.6. The highest BCUT2D eigenvalue weighted by atomic mass is 16.5. The van der Waals surface area contributed by atoms with Crippen molar-refractivity contribution in [1.82, 2.24) is 9.80 Å². The minimum atomic E-state index is -0.322. The van der Waals surface area contributed by atoms with E-state index in [1.807, 2.05) is 11.0 Å². The van der Waals surface area contributed by atoms with Crippen LogP contribution in [-0.2, 0) is 16.1 Å². The SMILES string of the molecule is C[C@@H]1C[C@H]1c1ccc(CN(CC(N)=O)C[C@H]2CN(C)CCO2)o1. The number of rotatable bonds is 7. The minimum absolute atomic E-state index is 0.103. The van der Waals surface area contributed by atoms with Gasteiger partial charge in [0.15, 0.2) is 0 Å². The Morgan fingerprint density at radius 2 is 2.26 bits per heavy atom. The van der Waals surface area contributed by atoms with E-state index in [0.29, 0.717) is 19.0 Å². The van der Waals surface area contributed by atoms with Crippen LogP contribution in [0, 0.1) is 5.92 Å². The second-order valence-corrected chi connectivity index (χ2v) is 7.01. The number of ether oxygens (including phenoxy) is 1. The zero-order valence-electron chi connectivity index (χ0n) is 14.0. The van der Waals surface area contributed by atoms with Crippen molar-refractivity contribution in [2.45, 2.75) is 31.9 Å². The highest BCUT2D eigenvalue weighted by molar-refractivity contribution is 5.75. The van der Waals surface area contributed by atoms with Crippen molar-refractivity contribution in [1.29, 1.82) is 0 Å². The lowest BCUT2D eigenvalue weighted by atomic mass is 10.2. The van der Waals surface area contributed by atoms with E-state index in [1.54, 1.807) is 0 Å². The summed E-state index contributed by atoms with van der Waals surface area (Å²) in [6, 6.07) is 4.08. The Morgan fingerprint density at radius 3 is 2.91 bits per heavy atom. The summed E-state index contributed by atoms with van der Waals surface area (Å²) < 4.78 is 11.8. The molecule has 23 heavy (non-hydrogen) atoms. The quantitative estimate of drug-likeness (QED) is 0.812. The summed E-state index contributed by atoms with van der Waals surface area (Å²) in [5.41, 5.74) is 5.40. The van der Waals surface area contributed by atoms with Crippen molar-refractivity contribution in [2.24, 2.45) is 11.7 Å². The molecule has 2 N–H and O–H groups in total. The molecule has 6 heteroatoms. The molecule has 0 aromatic carbocycles. The molecule has 0 bridgehead atoms. The first-order valence-electron chi connectivity index (χ1n) is 8.40. The fraction of sp³-hybridized carbons (Fsp3) is 0.706. The molecule has 2 heterocycles. The number of nitrogens with two attached hydrogens (primary N) is 1. The van der Waals surface area contributed by atoms with Gasteiger partial charge in [-0.3, -0.25) is 9.69 Å². The largest absolute Gasteiger partial charge is 0.464 e. The van der Waals surface area contributed by atoms with Gasteiger partial charge in [-0.05, 0) is 31.5 Å². The second kappa shape index (κ2) is 7.03. The number of amides is 1. The van der Waals surface area contributed by atoms with Crippen LogP contribution < -0.4 is 5.73 Å². The van der Waals surface area contributed by atoms with E-state index in [9.17, 15) is 4.79 Å². The fourth-order valence-electron chi connectivity index (χ4n) is 3.29. The van der Waals surface area contributed by atoms with E-state index in [1.165, 1.54) is 6.42 Å².